The van der Waals surface area contributed by atoms with E-state index in [1.807, 2.05) is 11.3 Å². The van der Waals surface area contributed by atoms with Gasteiger partial charge in [-0.25, -0.2) is 0 Å². The number of hydrogen-bond acceptors (Lipinski definition) is 3. The number of likely N-dealkylation sites (tertiary alicyclic amines) is 1. The highest BCUT2D eigenvalue weighted by Crippen LogP contribution is 2.33. The van der Waals surface area contributed by atoms with Crippen molar-refractivity contribution >= 4 is 11.3 Å². The lowest BCUT2D eigenvalue weighted by atomic mass is 9.96. The Morgan fingerprint density at radius 1 is 1.50 bits per heavy atom. The Labute approximate surface area is 115 Å². The Morgan fingerprint density at radius 3 is 2.94 bits per heavy atom. The Kier molecular flexibility index (Phi) is 5.22. The molecule has 1 aromatic heterocycles. The number of rotatable bonds is 5. The summed E-state index contributed by atoms with van der Waals surface area (Å²) >= 11 is 1.91. The maximum atomic E-state index is 3.62. The largest absolute Gasteiger partial charge is 0.313 e. The van der Waals surface area contributed by atoms with E-state index < -0.39 is 0 Å². The minimum atomic E-state index is 0.603. The molecule has 0 bridgehead atoms. The summed E-state index contributed by atoms with van der Waals surface area (Å²) in [5, 5.41) is 5.82. The fourth-order valence-electron chi connectivity index (χ4n) is 3.10. The summed E-state index contributed by atoms with van der Waals surface area (Å²) in [5.74, 6) is 0.684. The minimum Gasteiger partial charge on any atom is -0.313 e. The second-order valence-electron chi connectivity index (χ2n) is 5.60. The Balaban J connectivity index is 2.06. The van der Waals surface area contributed by atoms with Gasteiger partial charge in [-0.1, -0.05) is 26.8 Å². The molecule has 1 fully saturated rings. The lowest BCUT2D eigenvalue weighted by Gasteiger charge is -2.40. The van der Waals surface area contributed by atoms with Crippen LogP contribution in [0.2, 0.25) is 0 Å². The number of thiophene rings is 1. The molecule has 1 aromatic rings. The predicted octanol–water partition coefficient (Wildman–Crippen LogP) is 3.52. The molecule has 1 saturated heterocycles. The molecule has 0 aliphatic carbocycles. The smallest absolute Gasteiger partial charge is 0.0465 e. The topological polar surface area (TPSA) is 15.3 Å². The van der Waals surface area contributed by atoms with Gasteiger partial charge in [-0.3, -0.25) is 4.90 Å². The van der Waals surface area contributed by atoms with Crippen molar-refractivity contribution in [3.8, 4) is 0 Å². The lowest BCUT2D eigenvalue weighted by Crippen LogP contribution is -2.47. The van der Waals surface area contributed by atoms with Crippen LogP contribution in [0.15, 0.2) is 17.5 Å². The summed E-state index contributed by atoms with van der Waals surface area (Å²) in [6.45, 7) is 10.4. The number of hydrogen-bond donors (Lipinski definition) is 1. The van der Waals surface area contributed by atoms with Gasteiger partial charge in [0, 0.05) is 23.5 Å². The molecule has 2 rings (SSSR count). The van der Waals surface area contributed by atoms with Gasteiger partial charge in [0.1, 0.15) is 0 Å². The molecule has 2 nitrogen and oxygen atoms in total. The van der Waals surface area contributed by atoms with E-state index in [1.165, 1.54) is 30.8 Å². The van der Waals surface area contributed by atoms with Crippen LogP contribution in [-0.2, 0) is 0 Å². The molecule has 18 heavy (non-hydrogen) atoms. The van der Waals surface area contributed by atoms with Crippen molar-refractivity contribution in [3.05, 3.63) is 22.4 Å². The summed E-state index contributed by atoms with van der Waals surface area (Å²) in [4.78, 5) is 4.22. The number of piperidine rings is 1. The number of nitrogens with one attached hydrogen (secondary N) is 1. The fourth-order valence-corrected chi connectivity index (χ4v) is 4.14. The van der Waals surface area contributed by atoms with Crippen molar-refractivity contribution in [2.45, 2.75) is 45.7 Å². The summed E-state index contributed by atoms with van der Waals surface area (Å²) < 4.78 is 0. The fraction of sp³-hybridized carbons (Fsp3) is 0.733. The molecule has 0 saturated carbocycles. The van der Waals surface area contributed by atoms with E-state index in [0.717, 1.165) is 6.54 Å². The lowest BCUT2D eigenvalue weighted by molar-refractivity contribution is 0.110. The van der Waals surface area contributed by atoms with E-state index in [4.69, 9.17) is 0 Å². The van der Waals surface area contributed by atoms with Crippen LogP contribution in [0.5, 0.6) is 0 Å². The zero-order chi connectivity index (χ0) is 13.0. The molecule has 1 N–H and O–H groups in total. The van der Waals surface area contributed by atoms with E-state index in [0.29, 0.717) is 18.0 Å². The van der Waals surface area contributed by atoms with E-state index in [-0.39, 0.29) is 0 Å². The van der Waals surface area contributed by atoms with Gasteiger partial charge >= 0.3 is 0 Å². The van der Waals surface area contributed by atoms with Crippen molar-refractivity contribution in [2.24, 2.45) is 5.92 Å². The first-order valence-electron chi connectivity index (χ1n) is 7.23. The van der Waals surface area contributed by atoms with Crippen LogP contribution in [0.1, 0.15) is 44.5 Å². The van der Waals surface area contributed by atoms with E-state index in [9.17, 15) is 0 Å². The van der Waals surface area contributed by atoms with Crippen LogP contribution in [0.25, 0.3) is 0 Å². The van der Waals surface area contributed by atoms with Gasteiger partial charge in [-0.15, -0.1) is 11.3 Å². The first kappa shape index (κ1) is 14.0. The molecule has 0 aromatic carbocycles. The Morgan fingerprint density at radius 2 is 2.33 bits per heavy atom. The highest BCUT2D eigenvalue weighted by molar-refractivity contribution is 7.10. The second kappa shape index (κ2) is 6.69. The third-order valence-electron chi connectivity index (χ3n) is 3.81. The van der Waals surface area contributed by atoms with Crippen LogP contribution in [0.4, 0.5) is 0 Å². The van der Waals surface area contributed by atoms with Crippen LogP contribution in [0.3, 0.4) is 0 Å². The van der Waals surface area contributed by atoms with Gasteiger partial charge in [-0.2, -0.15) is 0 Å². The van der Waals surface area contributed by atoms with E-state index in [2.05, 4.69) is 48.5 Å². The van der Waals surface area contributed by atoms with Crippen molar-refractivity contribution in [3.63, 3.8) is 0 Å². The van der Waals surface area contributed by atoms with E-state index >= 15 is 0 Å². The minimum absolute atomic E-state index is 0.603. The van der Waals surface area contributed by atoms with Gasteiger partial charge in [0.25, 0.3) is 0 Å². The van der Waals surface area contributed by atoms with Crippen molar-refractivity contribution < 1.29 is 0 Å². The second-order valence-corrected chi connectivity index (χ2v) is 6.58. The normalized spacial score (nSPS) is 23.4. The summed E-state index contributed by atoms with van der Waals surface area (Å²) in [7, 11) is 0. The molecule has 1 aliphatic rings. The van der Waals surface area contributed by atoms with Crippen LogP contribution < -0.4 is 5.32 Å². The van der Waals surface area contributed by atoms with Gasteiger partial charge in [0.05, 0.1) is 0 Å². The molecule has 0 radical (unpaired) electrons. The third-order valence-corrected chi connectivity index (χ3v) is 4.75. The van der Waals surface area contributed by atoms with Gasteiger partial charge in [-0.05, 0) is 43.3 Å². The molecule has 0 amide bonds. The number of likely N-dealkylation sites (N-methyl/N-ethyl adjacent to an activating group) is 1. The molecule has 3 heteroatoms. The Hall–Kier alpha value is -0.380. The van der Waals surface area contributed by atoms with Crippen molar-refractivity contribution in [1.29, 1.82) is 0 Å². The summed E-state index contributed by atoms with van der Waals surface area (Å²) in [5.41, 5.74) is 0. The molecule has 2 heterocycles. The first-order valence-corrected chi connectivity index (χ1v) is 8.11. The molecular formula is C15H26N2S. The number of nitrogens with zero attached hydrogens (tertiary/aromatic N) is 1. The SMILES string of the molecule is CCNC1CCCN(C(c2cccs2)C(C)C)C1. The highest BCUT2D eigenvalue weighted by Gasteiger charge is 2.28. The maximum Gasteiger partial charge on any atom is 0.0465 e. The third kappa shape index (κ3) is 3.34. The monoisotopic (exact) mass is 266 g/mol. The van der Waals surface area contributed by atoms with Gasteiger partial charge in [0.2, 0.25) is 0 Å². The average Bonchev–Trinajstić information content (AvgIpc) is 2.83. The summed E-state index contributed by atoms with van der Waals surface area (Å²) in [6.07, 6.45) is 2.66. The van der Waals surface area contributed by atoms with Crippen molar-refractivity contribution in [2.75, 3.05) is 19.6 Å². The molecule has 0 spiro atoms. The molecular weight excluding hydrogens is 240 g/mol. The average molecular weight is 266 g/mol. The van der Waals surface area contributed by atoms with Crippen LogP contribution >= 0.6 is 11.3 Å². The molecule has 102 valence electrons. The zero-order valence-corrected chi connectivity index (χ0v) is 12.7. The maximum absolute atomic E-state index is 3.62. The predicted molar refractivity (Wildman–Crippen MR) is 80.2 cm³/mol. The van der Waals surface area contributed by atoms with Crippen LogP contribution in [0, 0.1) is 5.92 Å². The first-order chi connectivity index (χ1) is 8.72. The zero-order valence-electron chi connectivity index (χ0n) is 11.9. The van der Waals surface area contributed by atoms with Gasteiger partial charge < -0.3 is 5.32 Å². The molecule has 1 aliphatic heterocycles. The highest BCUT2D eigenvalue weighted by atomic mass is 32.1. The van der Waals surface area contributed by atoms with Gasteiger partial charge in [0.15, 0.2) is 0 Å². The standard InChI is InChI=1S/C15H26N2S/c1-4-16-13-7-5-9-17(11-13)15(12(2)3)14-8-6-10-18-14/h6,8,10,12-13,15-16H,4-5,7,9,11H2,1-3H3. The Bertz CT molecular complexity index is 332. The van der Waals surface area contributed by atoms with Crippen molar-refractivity contribution in [1.82, 2.24) is 10.2 Å². The van der Waals surface area contributed by atoms with Crippen LogP contribution in [-0.4, -0.2) is 30.6 Å². The van der Waals surface area contributed by atoms with E-state index in [1.54, 1.807) is 0 Å². The molecule has 2 atom stereocenters. The summed E-state index contributed by atoms with van der Waals surface area (Å²) in [6, 6.07) is 5.77. The quantitative estimate of drug-likeness (QED) is 0.877. The molecule has 2 unspecified atom stereocenters.